The number of nitrogens with zero attached hydrogens (tertiary/aromatic N) is 7. The van der Waals surface area contributed by atoms with Gasteiger partial charge < -0.3 is 18.8 Å². The number of aromatic nitrogens is 6. The molecule has 5 aromatic rings. The third kappa shape index (κ3) is 4.86. The lowest BCUT2D eigenvalue weighted by atomic mass is 10.1. The molecule has 41 heavy (non-hydrogen) atoms. The highest BCUT2D eigenvalue weighted by molar-refractivity contribution is 6.39. The number of hydrogen-bond acceptors (Lipinski definition) is 6. The Kier molecular flexibility index (Phi) is 7.23. The molecule has 6 rings (SSSR count). The van der Waals surface area contributed by atoms with Crippen LogP contribution in [0.5, 0.6) is 0 Å². The number of ether oxygens (including phenoxy) is 1. The molecule has 0 unspecified atom stereocenters. The average Bonchev–Trinajstić information content (AvgIpc) is 3.76. The third-order valence-electron chi connectivity index (χ3n) is 7.47. The molecule has 0 N–H and O–H groups in total. The molecule has 2 aromatic carbocycles. The minimum absolute atomic E-state index is 0.216. The number of amides is 1. The van der Waals surface area contributed by atoms with Gasteiger partial charge in [0.25, 0.3) is 5.91 Å². The van der Waals surface area contributed by atoms with Crippen LogP contribution >= 0.6 is 34.8 Å². The number of para-hydroxylation sites is 1. The van der Waals surface area contributed by atoms with Gasteiger partial charge in [-0.1, -0.05) is 64.3 Å². The molecule has 1 aliphatic heterocycles. The molecule has 0 spiro atoms. The molecule has 0 radical (unpaired) electrons. The van der Waals surface area contributed by atoms with E-state index in [1.165, 1.54) is 12.0 Å². The largest absolute Gasteiger partial charge is 0.467 e. The molecule has 0 bridgehead atoms. The van der Waals surface area contributed by atoms with E-state index in [-0.39, 0.29) is 18.5 Å². The lowest BCUT2D eigenvalue weighted by Crippen LogP contribution is -2.42. The number of methoxy groups -OCH3 is 1. The van der Waals surface area contributed by atoms with Crippen molar-refractivity contribution in [2.45, 2.75) is 25.0 Å². The molecule has 10 nitrogen and oxygen atoms in total. The van der Waals surface area contributed by atoms with Gasteiger partial charge in [0.2, 0.25) is 0 Å². The minimum Gasteiger partial charge on any atom is -0.467 e. The van der Waals surface area contributed by atoms with Crippen LogP contribution in [0.25, 0.3) is 22.2 Å². The Morgan fingerprint density at radius 2 is 1.83 bits per heavy atom. The van der Waals surface area contributed by atoms with E-state index in [0.717, 1.165) is 10.9 Å². The van der Waals surface area contributed by atoms with E-state index in [2.05, 4.69) is 15.3 Å². The first-order valence-corrected chi connectivity index (χ1v) is 13.9. The Morgan fingerprint density at radius 3 is 2.54 bits per heavy atom. The van der Waals surface area contributed by atoms with Crippen LogP contribution in [0, 0.1) is 0 Å². The van der Waals surface area contributed by atoms with E-state index in [9.17, 15) is 9.59 Å². The number of carbonyl (C=O) groups excluding carboxylic acids is 2. The molecular weight excluding hydrogens is 589 g/mol. The van der Waals surface area contributed by atoms with Gasteiger partial charge in [0.05, 0.1) is 42.1 Å². The van der Waals surface area contributed by atoms with Crippen molar-refractivity contribution >= 4 is 57.6 Å². The molecule has 1 saturated heterocycles. The topological polar surface area (TPSA) is 100 Å². The second-order valence-electron chi connectivity index (χ2n) is 9.80. The number of rotatable bonds is 6. The van der Waals surface area contributed by atoms with E-state index in [1.807, 2.05) is 41.9 Å². The second kappa shape index (κ2) is 10.8. The molecular formula is C28H24Cl3N7O3. The molecule has 3 aromatic heterocycles. The lowest BCUT2D eigenvalue weighted by Gasteiger charge is -2.23. The predicted octanol–water partition coefficient (Wildman–Crippen LogP) is 5.27. The van der Waals surface area contributed by atoms with Crippen molar-refractivity contribution < 1.29 is 14.3 Å². The average molecular weight is 613 g/mol. The van der Waals surface area contributed by atoms with Crippen LogP contribution in [0.2, 0.25) is 15.2 Å². The van der Waals surface area contributed by atoms with Gasteiger partial charge in [-0.2, -0.15) is 0 Å². The Labute approximate surface area is 250 Å². The number of fused-ring (bicyclic) bond motifs is 1. The summed E-state index contributed by atoms with van der Waals surface area (Å²) < 4.78 is 10.4. The van der Waals surface area contributed by atoms with Gasteiger partial charge >= 0.3 is 5.97 Å². The van der Waals surface area contributed by atoms with Crippen LogP contribution in [0.1, 0.15) is 28.8 Å². The minimum atomic E-state index is -0.817. The summed E-state index contributed by atoms with van der Waals surface area (Å²) in [5.41, 5.74) is 2.34. The van der Waals surface area contributed by atoms with Crippen molar-refractivity contribution in [3.63, 3.8) is 0 Å². The molecule has 210 valence electrons. The Balaban J connectivity index is 1.35. The number of imidazole rings is 1. The van der Waals surface area contributed by atoms with Crippen molar-refractivity contribution in [1.29, 1.82) is 0 Å². The standard InChI is InChI=1S/C28H24Cl3N7O3/c1-35-24(31)12-32-25(35)15-36-21-9-4-3-6-16(21)10-22(36)27(39)37-13-17(11-23(37)28(40)41-2)38-14-20(33-34-38)26-18(29)7-5-8-19(26)30/h3-10,12,14,17,23H,11,13,15H2,1-2H3/t17-,23-/m0/s1. The molecule has 2 atom stereocenters. The van der Waals surface area contributed by atoms with Gasteiger partial charge in [-0.15, -0.1) is 5.10 Å². The van der Waals surface area contributed by atoms with Crippen LogP contribution in [-0.4, -0.2) is 65.6 Å². The van der Waals surface area contributed by atoms with Gasteiger partial charge in [-0.05, 0) is 24.3 Å². The van der Waals surface area contributed by atoms with Crippen LogP contribution in [0.15, 0.2) is 60.9 Å². The summed E-state index contributed by atoms with van der Waals surface area (Å²) in [7, 11) is 3.13. The maximum absolute atomic E-state index is 14.2. The van der Waals surface area contributed by atoms with E-state index in [1.54, 1.807) is 39.8 Å². The molecule has 1 amide bonds. The van der Waals surface area contributed by atoms with Crippen LogP contribution in [0.3, 0.4) is 0 Å². The van der Waals surface area contributed by atoms with Crippen LogP contribution < -0.4 is 0 Å². The van der Waals surface area contributed by atoms with Crippen molar-refractivity contribution in [2.24, 2.45) is 7.05 Å². The van der Waals surface area contributed by atoms with Gasteiger partial charge in [0, 0.05) is 36.5 Å². The quantitative estimate of drug-likeness (QED) is 0.242. The monoisotopic (exact) mass is 611 g/mol. The molecule has 1 fully saturated rings. The number of benzene rings is 2. The Bertz CT molecular complexity index is 1770. The fourth-order valence-electron chi connectivity index (χ4n) is 5.32. The van der Waals surface area contributed by atoms with Gasteiger partial charge in [0.15, 0.2) is 0 Å². The molecule has 4 heterocycles. The molecule has 1 aliphatic rings. The van der Waals surface area contributed by atoms with Crippen molar-refractivity contribution in [2.75, 3.05) is 13.7 Å². The molecule has 0 aliphatic carbocycles. The maximum Gasteiger partial charge on any atom is 0.328 e. The summed E-state index contributed by atoms with van der Waals surface area (Å²) in [6.45, 7) is 0.524. The summed E-state index contributed by atoms with van der Waals surface area (Å²) in [6, 6.07) is 13.6. The van der Waals surface area contributed by atoms with Crippen molar-refractivity contribution in [1.82, 2.24) is 34.0 Å². The third-order valence-corrected chi connectivity index (χ3v) is 8.45. The second-order valence-corrected chi connectivity index (χ2v) is 11.0. The first-order valence-electron chi connectivity index (χ1n) is 12.8. The summed E-state index contributed by atoms with van der Waals surface area (Å²) in [5, 5.41) is 10.8. The van der Waals surface area contributed by atoms with E-state index in [0.29, 0.717) is 50.9 Å². The number of halogens is 3. The van der Waals surface area contributed by atoms with Gasteiger partial charge in [-0.3, -0.25) is 4.79 Å². The lowest BCUT2D eigenvalue weighted by molar-refractivity contribution is -0.145. The number of hydrogen-bond donors (Lipinski definition) is 0. The van der Waals surface area contributed by atoms with E-state index in [4.69, 9.17) is 39.5 Å². The highest BCUT2D eigenvalue weighted by atomic mass is 35.5. The summed E-state index contributed by atoms with van der Waals surface area (Å²) >= 11 is 19.0. The predicted molar refractivity (Wildman–Crippen MR) is 155 cm³/mol. The van der Waals surface area contributed by atoms with Crippen LogP contribution in [-0.2, 0) is 23.1 Å². The van der Waals surface area contributed by atoms with Gasteiger partial charge in [-0.25, -0.2) is 14.5 Å². The number of likely N-dealkylation sites (tertiary alicyclic amines) is 1. The SMILES string of the molecule is COC(=O)[C@@H]1C[C@H](n2cc(-c3c(Cl)cccc3Cl)nn2)CN1C(=O)c1cc2ccccc2n1Cc1ncc(Cl)n1C. The normalized spacial score (nSPS) is 17.0. The number of esters is 1. The summed E-state index contributed by atoms with van der Waals surface area (Å²) in [5.74, 6) is -0.134. The van der Waals surface area contributed by atoms with Crippen molar-refractivity contribution in [3.8, 4) is 11.3 Å². The zero-order valence-electron chi connectivity index (χ0n) is 22.0. The fourth-order valence-corrected chi connectivity index (χ4v) is 6.06. The van der Waals surface area contributed by atoms with E-state index < -0.39 is 12.0 Å². The first kappa shape index (κ1) is 27.3. The molecule has 13 heteroatoms. The zero-order chi connectivity index (χ0) is 28.8. The first-order chi connectivity index (χ1) is 19.8. The van der Waals surface area contributed by atoms with E-state index >= 15 is 0 Å². The highest BCUT2D eigenvalue weighted by Gasteiger charge is 2.43. The highest BCUT2D eigenvalue weighted by Crippen LogP contribution is 2.35. The Hall–Kier alpha value is -3.86. The van der Waals surface area contributed by atoms with Gasteiger partial charge in [0.1, 0.15) is 28.4 Å². The zero-order valence-corrected chi connectivity index (χ0v) is 24.3. The van der Waals surface area contributed by atoms with Crippen LogP contribution in [0.4, 0.5) is 0 Å². The Morgan fingerprint density at radius 1 is 1.07 bits per heavy atom. The summed E-state index contributed by atoms with van der Waals surface area (Å²) in [6.07, 6.45) is 3.60. The fraction of sp³-hybridized carbons (Fsp3) is 0.250. The smallest absolute Gasteiger partial charge is 0.328 e. The number of carbonyl (C=O) groups is 2. The summed E-state index contributed by atoms with van der Waals surface area (Å²) in [4.78, 5) is 33.1. The van der Waals surface area contributed by atoms with Crippen molar-refractivity contribution in [3.05, 3.63) is 87.6 Å². The molecule has 0 saturated carbocycles. The maximum atomic E-state index is 14.2.